The molecular formula is C29H33NO7. The molecule has 0 aliphatic carbocycles. The predicted molar refractivity (Wildman–Crippen MR) is 142 cm³/mol. The lowest BCUT2D eigenvalue weighted by Gasteiger charge is -2.19. The molecular weight excluding hydrogens is 474 g/mol. The van der Waals surface area contributed by atoms with Crippen LogP contribution in [0.5, 0.6) is 17.2 Å². The van der Waals surface area contributed by atoms with Gasteiger partial charge in [-0.15, -0.1) is 0 Å². The molecule has 0 saturated heterocycles. The van der Waals surface area contributed by atoms with E-state index in [1.807, 2.05) is 48.5 Å². The van der Waals surface area contributed by atoms with Gasteiger partial charge in [0.2, 0.25) is 6.29 Å². The molecule has 0 radical (unpaired) electrons. The summed E-state index contributed by atoms with van der Waals surface area (Å²) in [4.78, 5) is 12.5. The SMILES string of the molecule is COC(=O)C(=Cc1ccccc1OCC(O)CNCC(OC)Oc1ccccc1)c1ccc(OC)cc1. The Morgan fingerprint density at radius 1 is 0.892 bits per heavy atom. The summed E-state index contributed by atoms with van der Waals surface area (Å²) >= 11 is 0. The average Bonchev–Trinajstić information content (AvgIpc) is 2.95. The number of hydrogen-bond donors (Lipinski definition) is 2. The summed E-state index contributed by atoms with van der Waals surface area (Å²) in [6, 6.07) is 23.8. The summed E-state index contributed by atoms with van der Waals surface area (Å²) in [7, 11) is 4.48. The van der Waals surface area contributed by atoms with Crippen molar-refractivity contribution in [3.63, 3.8) is 0 Å². The molecule has 0 spiro atoms. The third-order valence-corrected chi connectivity index (χ3v) is 5.42. The highest BCUT2D eigenvalue weighted by Crippen LogP contribution is 2.27. The second-order valence-electron chi connectivity index (χ2n) is 8.04. The Labute approximate surface area is 217 Å². The van der Waals surface area contributed by atoms with Crippen LogP contribution in [0.2, 0.25) is 0 Å². The molecule has 0 aromatic heterocycles. The van der Waals surface area contributed by atoms with Crippen molar-refractivity contribution in [3.8, 4) is 17.2 Å². The van der Waals surface area contributed by atoms with Gasteiger partial charge in [-0.25, -0.2) is 4.79 Å². The van der Waals surface area contributed by atoms with Crippen LogP contribution < -0.4 is 19.5 Å². The van der Waals surface area contributed by atoms with Gasteiger partial charge in [-0.05, 0) is 42.0 Å². The van der Waals surface area contributed by atoms with Crippen molar-refractivity contribution in [2.24, 2.45) is 0 Å². The van der Waals surface area contributed by atoms with Crippen molar-refractivity contribution in [1.82, 2.24) is 5.32 Å². The molecule has 2 N–H and O–H groups in total. The summed E-state index contributed by atoms with van der Waals surface area (Å²) in [6.07, 6.45) is 0.418. The number of para-hydroxylation sites is 2. The van der Waals surface area contributed by atoms with Gasteiger partial charge in [0, 0.05) is 19.2 Å². The van der Waals surface area contributed by atoms with E-state index in [2.05, 4.69) is 5.32 Å². The van der Waals surface area contributed by atoms with Gasteiger partial charge in [-0.1, -0.05) is 48.5 Å². The van der Waals surface area contributed by atoms with E-state index in [0.717, 1.165) is 0 Å². The maximum atomic E-state index is 12.5. The fourth-order valence-corrected chi connectivity index (χ4v) is 3.46. The van der Waals surface area contributed by atoms with Gasteiger partial charge in [0.15, 0.2) is 0 Å². The minimum Gasteiger partial charge on any atom is -0.497 e. The van der Waals surface area contributed by atoms with Crippen molar-refractivity contribution in [2.75, 3.05) is 41.0 Å². The van der Waals surface area contributed by atoms with Gasteiger partial charge in [0.25, 0.3) is 0 Å². The van der Waals surface area contributed by atoms with Crippen LogP contribution in [0.15, 0.2) is 78.9 Å². The highest BCUT2D eigenvalue weighted by atomic mass is 16.7. The number of carbonyl (C=O) groups is 1. The number of hydrogen-bond acceptors (Lipinski definition) is 8. The molecule has 3 aromatic rings. The quantitative estimate of drug-likeness (QED) is 0.147. The van der Waals surface area contributed by atoms with Crippen LogP contribution in [0.25, 0.3) is 11.6 Å². The highest BCUT2D eigenvalue weighted by molar-refractivity contribution is 6.21. The smallest absolute Gasteiger partial charge is 0.338 e. The predicted octanol–water partition coefficient (Wildman–Crippen LogP) is 3.79. The molecule has 0 saturated carbocycles. The highest BCUT2D eigenvalue weighted by Gasteiger charge is 2.15. The largest absolute Gasteiger partial charge is 0.497 e. The second-order valence-corrected chi connectivity index (χ2v) is 8.04. The van der Waals surface area contributed by atoms with Crippen LogP contribution in [0.1, 0.15) is 11.1 Å². The van der Waals surface area contributed by atoms with Crippen molar-refractivity contribution >= 4 is 17.6 Å². The Morgan fingerprint density at radius 2 is 1.59 bits per heavy atom. The van der Waals surface area contributed by atoms with Crippen molar-refractivity contribution in [3.05, 3.63) is 90.0 Å². The van der Waals surface area contributed by atoms with Crippen LogP contribution in [0.3, 0.4) is 0 Å². The summed E-state index contributed by atoms with van der Waals surface area (Å²) in [6.45, 7) is 0.701. The van der Waals surface area contributed by atoms with Crippen LogP contribution in [0, 0.1) is 0 Å². The first-order valence-electron chi connectivity index (χ1n) is 11.8. The molecule has 0 heterocycles. The molecule has 0 fully saturated rings. The van der Waals surface area contributed by atoms with E-state index in [0.29, 0.717) is 40.5 Å². The number of methoxy groups -OCH3 is 3. The number of carbonyl (C=O) groups excluding carboxylic acids is 1. The van der Waals surface area contributed by atoms with E-state index >= 15 is 0 Å². The molecule has 196 valence electrons. The fourth-order valence-electron chi connectivity index (χ4n) is 3.46. The first-order chi connectivity index (χ1) is 18.0. The molecule has 0 amide bonds. The van der Waals surface area contributed by atoms with Gasteiger partial charge in [0.05, 0.1) is 26.3 Å². The van der Waals surface area contributed by atoms with Crippen LogP contribution >= 0.6 is 0 Å². The zero-order valence-electron chi connectivity index (χ0n) is 21.3. The van der Waals surface area contributed by atoms with Crippen molar-refractivity contribution < 1.29 is 33.6 Å². The van der Waals surface area contributed by atoms with Gasteiger partial charge >= 0.3 is 5.97 Å². The standard InChI is InChI=1S/C29H33NO7/c1-33-24-15-13-21(14-16-24)26(29(32)35-3)17-22-9-7-8-12-27(22)36-20-23(31)18-30-19-28(34-2)37-25-10-5-4-6-11-25/h4-17,23,28,30-31H,18-20H2,1-3H3. The van der Waals surface area contributed by atoms with Gasteiger partial charge in [-0.3, -0.25) is 0 Å². The van der Waals surface area contributed by atoms with E-state index < -0.39 is 18.4 Å². The minimum absolute atomic E-state index is 0.0468. The monoisotopic (exact) mass is 507 g/mol. The normalized spacial score (nSPS) is 12.9. The molecule has 8 heteroatoms. The summed E-state index contributed by atoms with van der Waals surface area (Å²) in [5.74, 6) is 1.43. The van der Waals surface area contributed by atoms with E-state index in [-0.39, 0.29) is 13.2 Å². The number of nitrogens with one attached hydrogen (secondary N) is 1. The van der Waals surface area contributed by atoms with Crippen LogP contribution in [0.4, 0.5) is 0 Å². The number of aliphatic hydroxyl groups is 1. The molecule has 37 heavy (non-hydrogen) atoms. The maximum absolute atomic E-state index is 12.5. The summed E-state index contributed by atoms with van der Waals surface area (Å²) in [5, 5.41) is 13.6. The van der Waals surface area contributed by atoms with E-state index in [4.69, 9.17) is 23.7 Å². The van der Waals surface area contributed by atoms with Crippen LogP contribution in [-0.2, 0) is 14.3 Å². The lowest BCUT2D eigenvalue weighted by Crippen LogP contribution is -2.38. The van der Waals surface area contributed by atoms with Crippen LogP contribution in [-0.4, -0.2) is 64.5 Å². The van der Waals surface area contributed by atoms with Gasteiger partial charge < -0.3 is 34.1 Å². The Hall–Kier alpha value is -3.85. The van der Waals surface area contributed by atoms with E-state index in [1.54, 1.807) is 50.6 Å². The van der Waals surface area contributed by atoms with Gasteiger partial charge in [-0.2, -0.15) is 0 Å². The summed E-state index contributed by atoms with van der Waals surface area (Å²) < 4.78 is 27.2. The first-order valence-corrected chi connectivity index (χ1v) is 11.8. The zero-order valence-corrected chi connectivity index (χ0v) is 21.3. The topological polar surface area (TPSA) is 95.5 Å². The number of rotatable bonds is 14. The molecule has 2 unspecified atom stereocenters. The number of ether oxygens (including phenoxy) is 5. The number of aliphatic hydroxyl groups excluding tert-OH is 1. The lowest BCUT2D eigenvalue weighted by molar-refractivity contribution is -0.133. The molecule has 0 aliphatic heterocycles. The summed E-state index contributed by atoms with van der Waals surface area (Å²) in [5.41, 5.74) is 1.72. The Morgan fingerprint density at radius 3 is 2.27 bits per heavy atom. The average molecular weight is 508 g/mol. The second kappa shape index (κ2) is 14.6. The molecule has 3 aromatic carbocycles. The maximum Gasteiger partial charge on any atom is 0.338 e. The third-order valence-electron chi connectivity index (χ3n) is 5.42. The Balaban J connectivity index is 1.60. The number of esters is 1. The third kappa shape index (κ3) is 8.64. The molecule has 0 bridgehead atoms. The zero-order chi connectivity index (χ0) is 26.5. The minimum atomic E-state index is -0.784. The molecule has 3 rings (SSSR count). The fraction of sp³-hybridized carbons (Fsp3) is 0.276. The van der Waals surface area contributed by atoms with Crippen molar-refractivity contribution in [1.29, 1.82) is 0 Å². The molecule has 8 nitrogen and oxygen atoms in total. The van der Waals surface area contributed by atoms with Crippen molar-refractivity contribution in [2.45, 2.75) is 12.4 Å². The molecule has 2 atom stereocenters. The molecule has 0 aliphatic rings. The number of benzene rings is 3. The van der Waals surface area contributed by atoms with Gasteiger partial charge in [0.1, 0.15) is 30.0 Å². The lowest BCUT2D eigenvalue weighted by atomic mass is 10.0. The van der Waals surface area contributed by atoms with E-state index in [1.165, 1.54) is 7.11 Å². The Kier molecular flexibility index (Phi) is 11.0. The Bertz CT molecular complexity index is 1130. The first kappa shape index (κ1) is 27.7. The van der Waals surface area contributed by atoms with E-state index in [9.17, 15) is 9.90 Å².